The van der Waals surface area contributed by atoms with Crippen molar-refractivity contribution in [3.05, 3.63) is 94.5 Å². The highest BCUT2D eigenvalue weighted by Gasteiger charge is 2.39. The van der Waals surface area contributed by atoms with Crippen LogP contribution in [-0.4, -0.2) is 63.2 Å². The molecule has 2 amide bonds. The van der Waals surface area contributed by atoms with Crippen LogP contribution in [0.15, 0.2) is 61.2 Å². The number of benzene rings is 2. The number of hydrogen-bond donors (Lipinski definition) is 2. The number of nitrogens with zero attached hydrogens (tertiary/aromatic N) is 8. The molecule has 6 rings (SSSR count). The Bertz CT molecular complexity index is 1800. The summed E-state index contributed by atoms with van der Waals surface area (Å²) in [5.41, 5.74) is 3.91. The van der Waals surface area contributed by atoms with Crippen LogP contribution < -0.4 is 5.32 Å². The lowest BCUT2D eigenvalue weighted by Gasteiger charge is -2.34. The molecule has 12 nitrogen and oxygen atoms in total. The molecule has 1 aliphatic heterocycles. The Morgan fingerprint density at radius 2 is 2.00 bits per heavy atom. The van der Waals surface area contributed by atoms with Gasteiger partial charge in [0.15, 0.2) is 5.82 Å². The van der Waals surface area contributed by atoms with Gasteiger partial charge in [-0.1, -0.05) is 11.6 Å². The first-order chi connectivity index (χ1) is 20.3. The normalized spacial score (nSPS) is 14.8. The van der Waals surface area contributed by atoms with Crippen LogP contribution in [0.3, 0.4) is 0 Å². The maximum atomic E-state index is 15.1. The molecule has 14 heteroatoms. The van der Waals surface area contributed by atoms with Gasteiger partial charge in [-0.2, -0.15) is 9.78 Å². The highest BCUT2D eigenvalue weighted by Crippen LogP contribution is 2.34. The maximum absolute atomic E-state index is 15.1. The van der Waals surface area contributed by atoms with E-state index in [4.69, 9.17) is 11.6 Å². The monoisotopic (exact) mass is 586 g/mol. The Balaban J connectivity index is 1.31. The van der Waals surface area contributed by atoms with Crippen molar-refractivity contribution < 1.29 is 14.0 Å². The number of amides is 2. The molecule has 1 unspecified atom stereocenters. The first kappa shape index (κ1) is 27.0. The number of rotatable bonds is 6. The molecule has 0 saturated carbocycles. The van der Waals surface area contributed by atoms with Gasteiger partial charge in [0.25, 0.3) is 5.91 Å². The van der Waals surface area contributed by atoms with Crippen LogP contribution in [0.2, 0.25) is 5.02 Å². The van der Waals surface area contributed by atoms with Crippen molar-refractivity contribution in [2.45, 2.75) is 19.4 Å². The summed E-state index contributed by atoms with van der Waals surface area (Å²) in [7, 11) is 1.81. The van der Waals surface area contributed by atoms with Crippen molar-refractivity contribution in [2.24, 2.45) is 7.05 Å². The van der Waals surface area contributed by atoms with Crippen molar-refractivity contribution in [1.29, 1.82) is 0 Å². The zero-order valence-electron chi connectivity index (χ0n) is 22.5. The van der Waals surface area contributed by atoms with E-state index in [2.05, 4.69) is 35.9 Å². The third kappa shape index (κ3) is 4.94. The Labute approximate surface area is 243 Å². The minimum absolute atomic E-state index is 0.0241. The fourth-order valence-corrected chi connectivity index (χ4v) is 5.34. The van der Waals surface area contributed by atoms with Gasteiger partial charge in [0.05, 0.1) is 16.4 Å². The summed E-state index contributed by atoms with van der Waals surface area (Å²) in [6.45, 7) is 2.06. The number of imidazole rings is 1. The molecule has 0 saturated heterocycles. The number of aromatic nitrogens is 8. The van der Waals surface area contributed by atoms with Crippen molar-refractivity contribution in [3.8, 4) is 17.1 Å². The van der Waals surface area contributed by atoms with Gasteiger partial charge in [0.1, 0.15) is 18.2 Å². The van der Waals surface area contributed by atoms with E-state index < -0.39 is 23.7 Å². The van der Waals surface area contributed by atoms with Crippen molar-refractivity contribution >= 4 is 35.2 Å². The number of carbonyl (C=O) groups is 2. The van der Waals surface area contributed by atoms with Crippen molar-refractivity contribution in [1.82, 2.24) is 44.9 Å². The summed E-state index contributed by atoms with van der Waals surface area (Å²) in [6, 6.07) is 9.17. The number of tetrazole rings is 1. The Morgan fingerprint density at radius 3 is 2.71 bits per heavy atom. The topological polar surface area (TPSA) is 140 Å². The molecule has 2 aromatic carbocycles. The lowest BCUT2D eigenvalue weighted by molar-refractivity contribution is -0.135. The number of H-pyrrole nitrogens is 1. The molecule has 1 atom stereocenters. The number of nitrogens with one attached hydrogen (secondary N) is 2. The van der Waals surface area contributed by atoms with Crippen LogP contribution in [-0.2, 0) is 23.1 Å². The predicted octanol–water partition coefficient (Wildman–Crippen LogP) is 3.66. The van der Waals surface area contributed by atoms with Gasteiger partial charge in [-0.3, -0.25) is 14.3 Å². The average Bonchev–Trinajstić information content (AvgIpc) is 3.77. The third-order valence-corrected chi connectivity index (χ3v) is 7.41. The molecule has 0 fully saturated rings. The average molecular weight is 587 g/mol. The summed E-state index contributed by atoms with van der Waals surface area (Å²) < 4.78 is 18.1. The van der Waals surface area contributed by atoms with Crippen LogP contribution >= 0.6 is 11.6 Å². The van der Waals surface area contributed by atoms with Gasteiger partial charge in [-0.05, 0) is 59.8 Å². The van der Waals surface area contributed by atoms with Gasteiger partial charge in [-0.25, -0.2) is 9.37 Å². The second kappa shape index (κ2) is 11.0. The number of aromatic amines is 1. The van der Waals surface area contributed by atoms with E-state index in [1.165, 1.54) is 34.1 Å². The van der Waals surface area contributed by atoms with E-state index in [9.17, 15) is 9.59 Å². The lowest BCUT2D eigenvalue weighted by atomic mass is 9.95. The second-order valence-electron chi connectivity index (χ2n) is 9.64. The Morgan fingerprint density at radius 1 is 1.19 bits per heavy atom. The molecule has 4 heterocycles. The summed E-state index contributed by atoms with van der Waals surface area (Å²) in [5.74, 6) is -0.911. The van der Waals surface area contributed by atoms with E-state index >= 15 is 4.39 Å². The maximum Gasteiger partial charge on any atom is 0.251 e. The molecule has 0 radical (unpaired) electrons. The first-order valence-electron chi connectivity index (χ1n) is 12.9. The summed E-state index contributed by atoms with van der Waals surface area (Å²) in [6.07, 6.45) is 7.73. The smallest absolute Gasteiger partial charge is 0.251 e. The number of halogens is 2. The highest BCUT2D eigenvalue weighted by molar-refractivity contribution is 6.31. The van der Waals surface area contributed by atoms with Crippen LogP contribution in [0.25, 0.3) is 23.2 Å². The number of anilines is 1. The number of hydrogen-bond acceptors (Lipinski definition) is 7. The van der Waals surface area contributed by atoms with Gasteiger partial charge in [0.2, 0.25) is 5.91 Å². The second-order valence-corrected chi connectivity index (χ2v) is 10.0. The van der Waals surface area contributed by atoms with E-state index in [0.29, 0.717) is 34.9 Å². The first-order valence-corrected chi connectivity index (χ1v) is 13.3. The minimum Gasteiger partial charge on any atom is -0.345 e. The van der Waals surface area contributed by atoms with E-state index in [-0.39, 0.29) is 17.1 Å². The summed E-state index contributed by atoms with van der Waals surface area (Å²) >= 11 is 6.04. The Kier molecular flexibility index (Phi) is 7.08. The van der Waals surface area contributed by atoms with Gasteiger partial charge in [0, 0.05) is 66.6 Å². The van der Waals surface area contributed by atoms with Gasteiger partial charge < -0.3 is 15.2 Å². The van der Waals surface area contributed by atoms with E-state index in [1.807, 2.05) is 19.2 Å². The highest BCUT2D eigenvalue weighted by atomic mass is 35.5. The van der Waals surface area contributed by atoms with Crippen LogP contribution in [0.5, 0.6) is 0 Å². The summed E-state index contributed by atoms with van der Waals surface area (Å²) in [5, 5.41) is 18.3. The molecular weight excluding hydrogens is 563 g/mol. The van der Waals surface area contributed by atoms with E-state index in [0.717, 1.165) is 11.3 Å². The molecule has 3 aromatic heterocycles. The van der Waals surface area contributed by atoms with Crippen LogP contribution in [0.4, 0.5) is 10.1 Å². The zero-order chi connectivity index (χ0) is 29.4. The predicted molar refractivity (Wildman–Crippen MR) is 152 cm³/mol. The van der Waals surface area contributed by atoms with Crippen molar-refractivity contribution in [2.75, 3.05) is 11.9 Å². The molecule has 212 valence electrons. The Hall–Kier alpha value is -5.17. The number of fused-ring (bicyclic) bond motifs is 1. The SMILES string of the molecule is Cc1nn(C)c2c1C(C(=O)Nc1ccc(-c3ncc[nH]3)cc1)N(C(=O)/C=C/c1c(-n3cnnn3)ccc(Cl)c1F)CC2. The van der Waals surface area contributed by atoms with Gasteiger partial charge >= 0.3 is 0 Å². The molecule has 0 spiro atoms. The molecule has 2 N–H and O–H groups in total. The van der Waals surface area contributed by atoms with Crippen LogP contribution in [0.1, 0.15) is 28.6 Å². The number of carbonyl (C=O) groups excluding carboxylic acids is 2. The fourth-order valence-electron chi connectivity index (χ4n) is 5.18. The fraction of sp³-hybridized carbons (Fsp3) is 0.179. The molecule has 5 aromatic rings. The largest absolute Gasteiger partial charge is 0.345 e. The van der Waals surface area contributed by atoms with E-state index in [1.54, 1.807) is 42.2 Å². The summed E-state index contributed by atoms with van der Waals surface area (Å²) in [4.78, 5) is 36.2. The molecule has 1 aliphatic rings. The van der Waals surface area contributed by atoms with Gasteiger partial charge in [-0.15, -0.1) is 5.10 Å². The molecule has 42 heavy (non-hydrogen) atoms. The van der Waals surface area contributed by atoms with Crippen LogP contribution in [0, 0.1) is 12.7 Å². The van der Waals surface area contributed by atoms with Crippen molar-refractivity contribution in [3.63, 3.8) is 0 Å². The number of aryl methyl sites for hydroxylation is 2. The minimum atomic E-state index is -0.965. The standard InChI is InChI=1S/C28H24ClFN10O2/c1-16-24-22(38(2)35-16)11-14-39(26(24)28(42)34-18-5-3-17(4-6-18)27-31-12-13-32-27)23(41)10-7-19-21(40-15-33-36-37-40)9-8-20(29)25(19)30/h3-10,12-13,15,26H,11,14H2,1-2H3,(H,31,32)(H,34,42)/b10-7+. The quantitative estimate of drug-likeness (QED) is 0.289. The lowest BCUT2D eigenvalue weighted by Crippen LogP contribution is -2.45. The third-order valence-electron chi connectivity index (χ3n) is 7.12. The zero-order valence-corrected chi connectivity index (χ0v) is 23.2. The molecule has 0 bridgehead atoms. The molecular formula is C28H24ClFN10O2. The molecule has 0 aliphatic carbocycles.